The average molecular weight is 262 g/mol. The van der Waals surface area contributed by atoms with E-state index in [1.807, 2.05) is 12.1 Å². The first-order valence-corrected chi connectivity index (χ1v) is 7.15. The molecule has 1 fully saturated rings. The van der Waals surface area contributed by atoms with Crippen LogP contribution in [0.4, 0.5) is 0 Å². The summed E-state index contributed by atoms with van der Waals surface area (Å²) in [5, 5.41) is 8.88. The van der Waals surface area contributed by atoms with Gasteiger partial charge in [0, 0.05) is 12.6 Å². The maximum atomic E-state index is 8.88. The minimum absolute atomic E-state index is 0.489. The Morgan fingerprint density at radius 3 is 2.50 bits per heavy atom. The second-order valence-electron chi connectivity index (χ2n) is 5.35. The van der Waals surface area contributed by atoms with Crippen LogP contribution in [0.3, 0.4) is 0 Å². The number of hydrogen-bond donors (Lipinski definition) is 0. The van der Waals surface area contributed by atoms with Crippen molar-refractivity contribution in [1.82, 2.24) is 4.90 Å². The zero-order chi connectivity index (χ0) is 13.8. The van der Waals surface area contributed by atoms with E-state index in [2.05, 4.69) is 53.4 Å². The Kier molecular flexibility index (Phi) is 3.80. The standard InChI is InChI=1S/C18H18N2/c19-13-15-8-10-17(11-9-15)18-7-4-12-20(18)14-16-5-2-1-3-6-16/h1-3,5-6,8-11,18H,4,7,12,14H2. The molecule has 1 aliphatic heterocycles. The summed E-state index contributed by atoms with van der Waals surface area (Å²) in [7, 11) is 0. The van der Waals surface area contributed by atoms with Crippen molar-refractivity contribution >= 4 is 0 Å². The van der Waals surface area contributed by atoms with Gasteiger partial charge in [0.1, 0.15) is 0 Å². The van der Waals surface area contributed by atoms with E-state index < -0.39 is 0 Å². The van der Waals surface area contributed by atoms with Crippen LogP contribution >= 0.6 is 0 Å². The number of nitrogens with zero attached hydrogens (tertiary/aromatic N) is 2. The van der Waals surface area contributed by atoms with Crippen molar-refractivity contribution < 1.29 is 0 Å². The monoisotopic (exact) mass is 262 g/mol. The van der Waals surface area contributed by atoms with E-state index in [1.54, 1.807) is 0 Å². The van der Waals surface area contributed by atoms with Gasteiger partial charge in [0.15, 0.2) is 0 Å². The largest absolute Gasteiger partial charge is 0.292 e. The number of rotatable bonds is 3. The highest BCUT2D eigenvalue weighted by Gasteiger charge is 2.25. The lowest BCUT2D eigenvalue weighted by atomic mass is 10.0. The van der Waals surface area contributed by atoms with Gasteiger partial charge in [-0.15, -0.1) is 0 Å². The molecule has 20 heavy (non-hydrogen) atoms. The highest BCUT2D eigenvalue weighted by molar-refractivity contribution is 5.33. The molecule has 1 heterocycles. The molecule has 3 rings (SSSR count). The number of likely N-dealkylation sites (tertiary alicyclic amines) is 1. The molecule has 2 aromatic carbocycles. The quantitative estimate of drug-likeness (QED) is 0.839. The Morgan fingerprint density at radius 2 is 1.80 bits per heavy atom. The minimum atomic E-state index is 0.489. The smallest absolute Gasteiger partial charge is 0.0991 e. The summed E-state index contributed by atoms with van der Waals surface area (Å²) in [5.74, 6) is 0. The molecule has 2 heteroatoms. The molecule has 1 unspecified atom stereocenters. The van der Waals surface area contributed by atoms with E-state index in [-0.39, 0.29) is 0 Å². The van der Waals surface area contributed by atoms with Crippen molar-refractivity contribution in [2.75, 3.05) is 6.54 Å². The van der Waals surface area contributed by atoms with Crippen LogP contribution in [0, 0.1) is 11.3 Å². The molecule has 1 aliphatic rings. The lowest BCUT2D eigenvalue weighted by Gasteiger charge is -2.25. The van der Waals surface area contributed by atoms with E-state index in [9.17, 15) is 0 Å². The lowest BCUT2D eigenvalue weighted by Crippen LogP contribution is -2.22. The fraction of sp³-hybridized carbons (Fsp3) is 0.278. The maximum absolute atomic E-state index is 8.88. The Balaban J connectivity index is 1.76. The Morgan fingerprint density at radius 1 is 1.05 bits per heavy atom. The maximum Gasteiger partial charge on any atom is 0.0991 e. The fourth-order valence-electron chi connectivity index (χ4n) is 2.99. The van der Waals surface area contributed by atoms with Crippen LogP contribution in [-0.2, 0) is 6.54 Å². The third-order valence-electron chi connectivity index (χ3n) is 4.02. The van der Waals surface area contributed by atoms with Crippen molar-refractivity contribution in [3.05, 3.63) is 71.3 Å². The van der Waals surface area contributed by atoms with Crippen molar-refractivity contribution in [3.63, 3.8) is 0 Å². The van der Waals surface area contributed by atoms with Crippen molar-refractivity contribution in [2.45, 2.75) is 25.4 Å². The molecule has 1 saturated heterocycles. The van der Waals surface area contributed by atoms with Gasteiger partial charge >= 0.3 is 0 Å². The number of nitriles is 1. The molecule has 0 aromatic heterocycles. The summed E-state index contributed by atoms with van der Waals surface area (Å²) in [6.07, 6.45) is 2.45. The molecule has 0 amide bonds. The second-order valence-corrected chi connectivity index (χ2v) is 5.35. The predicted octanol–water partition coefficient (Wildman–Crippen LogP) is 3.90. The SMILES string of the molecule is N#Cc1ccc(C2CCCN2Cc2ccccc2)cc1. The number of hydrogen-bond acceptors (Lipinski definition) is 2. The fourth-order valence-corrected chi connectivity index (χ4v) is 2.99. The lowest BCUT2D eigenvalue weighted by molar-refractivity contribution is 0.248. The van der Waals surface area contributed by atoms with E-state index in [0.29, 0.717) is 6.04 Å². The molecule has 0 spiro atoms. The van der Waals surface area contributed by atoms with Gasteiger partial charge in [0.2, 0.25) is 0 Å². The van der Waals surface area contributed by atoms with Gasteiger partial charge in [-0.05, 0) is 42.6 Å². The second kappa shape index (κ2) is 5.90. The van der Waals surface area contributed by atoms with Crippen molar-refractivity contribution in [1.29, 1.82) is 5.26 Å². The first-order valence-electron chi connectivity index (χ1n) is 7.15. The van der Waals surface area contributed by atoms with Crippen LogP contribution in [0.5, 0.6) is 0 Å². The molecular formula is C18H18N2. The van der Waals surface area contributed by atoms with E-state index in [1.165, 1.54) is 24.0 Å². The summed E-state index contributed by atoms with van der Waals surface area (Å²) < 4.78 is 0. The zero-order valence-electron chi connectivity index (χ0n) is 11.5. The molecule has 100 valence electrons. The molecule has 0 N–H and O–H groups in total. The van der Waals surface area contributed by atoms with E-state index in [4.69, 9.17) is 5.26 Å². The molecular weight excluding hydrogens is 244 g/mol. The van der Waals surface area contributed by atoms with Crippen molar-refractivity contribution in [2.24, 2.45) is 0 Å². The first kappa shape index (κ1) is 12.9. The highest BCUT2D eigenvalue weighted by Crippen LogP contribution is 2.33. The molecule has 2 aromatic rings. The first-order chi connectivity index (χ1) is 9.86. The van der Waals surface area contributed by atoms with Crippen LogP contribution < -0.4 is 0 Å². The van der Waals surface area contributed by atoms with Gasteiger partial charge in [0.25, 0.3) is 0 Å². The van der Waals surface area contributed by atoms with Gasteiger partial charge in [-0.2, -0.15) is 5.26 Å². The van der Waals surface area contributed by atoms with Crippen LogP contribution in [0.1, 0.15) is 35.6 Å². The predicted molar refractivity (Wildman–Crippen MR) is 80.0 cm³/mol. The molecule has 0 saturated carbocycles. The third kappa shape index (κ3) is 2.74. The van der Waals surface area contributed by atoms with Crippen molar-refractivity contribution in [3.8, 4) is 6.07 Å². The summed E-state index contributed by atoms with van der Waals surface area (Å²) in [6.45, 7) is 2.16. The van der Waals surface area contributed by atoms with Gasteiger partial charge in [-0.1, -0.05) is 42.5 Å². The molecule has 0 aliphatic carbocycles. The zero-order valence-corrected chi connectivity index (χ0v) is 11.5. The topological polar surface area (TPSA) is 27.0 Å². The van der Waals surface area contributed by atoms with Crippen LogP contribution in [0.15, 0.2) is 54.6 Å². The summed E-state index contributed by atoms with van der Waals surface area (Å²) in [4.78, 5) is 2.54. The molecule has 2 nitrogen and oxygen atoms in total. The summed E-state index contributed by atoms with van der Waals surface area (Å²) >= 11 is 0. The summed E-state index contributed by atoms with van der Waals surface area (Å²) in [6, 6.07) is 21.4. The van der Waals surface area contributed by atoms with Gasteiger partial charge in [-0.3, -0.25) is 4.90 Å². The van der Waals surface area contributed by atoms with E-state index >= 15 is 0 Å². The van der Waals surface area contributed by atoms with Gasteiger partial charge < -0.3 is 0 Å². The highest BCUT2D eigenvalue weighted by atomic mass is 15.2. The number of benzene rings is 2. The van der Waals surface area contributed by atoms with Crippen LogP contribution in [0.2, 0.25) is 0 Å². The summed E-state index contributed by atoms with van der Waals surface area (Å²) in [5.41, 5.74) is 3.44. The van der Waals surface area contributed by atoms with Gasteiger partial charge in [-0.25, -0.2) is 0 Å². The van der Waals surface area contributed by atoms with Gasteiger partial charge in [0.05, 0.1) is 11.6 Å². The normalized spacial score (nSPS) is 18.9. The van der Waals surface area contributed by atoms with E-state index in [0.717, 1.165) is 18.7 Å². The molecule has 0 bridgehead atoms. The van der Waals surface area contributed by atoms with Crippen LogP contribution in [0.25, 0.3) is 0 Å². The third-order valence-corrected chi connectivity index (χ3v) is 4.02. The average Bonchev–Trinajstić information content (AvgIpc) is 2.96. The molecule has 1 atom stereocenters. The Bertz CT molecular complexity index is 596. The van der Waals surface area contributed by atoms with Crippen LogP contribution in [-0.4, -0.2) is 11.4 Å². The minimum Gasteiger partial charge on any atom is -0.292 e. The Labute approximate surface area is 120 Å². The molecule has 0 radical (unpaired) electrons. The Hall–Kier alpha value is -2.11.